The number of nitrogens with one attached hydrogen (secondary N) is 1. The van der Waals surface area contributed by atoms with Gasteiger partial charge in [-0.25, -0.2) is 4.98 Å². The van der Waals surface area contributed by atoms with Crippen molar-refractivity contribution >= 4 is 28.1 Å². The molecule has 17 heavy (non-hydrogen) atoms. The second-order valence-electron chi connectivity index (χ2n) is 4.14. The normalized spacial score (nSPS) is 13.4. The highest BCUT2D eigenvalue weighted by atomic mass is 32.2. The number of thioether (sulfide) groups is 1. The summed E-state index contributed by atoms with van der Waals surface area (Å²) in [5.74, 6) is 2.35. The maximum atomic E-state index is 4.55. The van der Waals surface area contributed by atoms with E-state index >= 15 is 0 Å². The molecule has 1 atom stereocenters. The number of hydrogen-bond acceptors (Lipinski definition) is 4. The molecule has 0 aliphatic heterocycles. The van der Waals surface area contributed by atoms with Crippen molar-refractivity contribution in [2.24, 2.45) is 0 Å². The van der Waals surface area contributed by atoms with E-state index < -0.39 is 0 Å². The topological polar surface area (TPSA) is 29.3 Å². The molecule has 2 aromatic rings. The second-order valence-corrected chi connectivity index (χ2v) is 6.33. The summed E-state index contributed by atoms with van der Waals surface area (Å²) < 4.78 is 2.19. The third kappa shape index (κ3) is 3.03. The summed E-state index contributed by atoms with van der Waals surface area (Å²) in [5, 5.41) is 5.65. The summed E-state index contributed by atoms with van der Waals surface area (Å²) in [6, 6.07) is 0.545. The van der Waals surface area contributed by atoms with Gasteiger partial charge >= 0.3 is 0 Å². The van der Waals surface area contributed by atoms with Gasteiger partial charge in [0, 0.05) is 29.9 Å². The van der Waals surface area contributed by atoms with Crippen LogP contribution in [0.1, 0.15) is 25.2 Å². The lowest BCUT2D eigenvalue weighted by Crippen LogP contribution is -2.28. The highest BCUT2D eigenvalue weighted by molar-refractivity contribution is 7.99. The van der Waals surface area contributed by atoms with Crippen molar-refractivity contribution in [1.82, 2.24) is 14.7 Å². The van der Waals surface area contributed by atoms with Crippen molar-refractivity contribution in [1.29, 1.82) is 0 Å². The number of hydrogen-bond donors (Lipinski definition) is 1. The average molecular weight is 269 g/mol. The van der Waals surface area contributed by atoms with Crippen LogP contribution in [0.25, 0.3) is 4.96 Å². The summed E-state index contributed by atoms with van der Waals surface area (Å²) >= 11 is 3.67. The number of thiazole rings is 1. The molecule has 0 spiro atoms. The Hall–Kier alpha value is -0.520. The molecule has 94 valence electrons. The Labute approximate surface area is 111 Å². The molecule has 1 unspecified atom stereocenters. The number of aromatic nitrogens is 2. The van der Waals surface area contributed by atoms with E-state index in [1.54, 1.807) is 11.3 Å². The average Bonchev–Trinajstić information content (AvgIpc) is 2.84. The predicted molar refractivity (Wildman–Crippen MR) is 77.1 cm³/mol. The molecule has 0 aliphatic carbocycles. The van der Waals surface area contributed by atoms with Crippen molar-refractivity contribution in [3.8, 4) is 0 Å². The fraction of sp³-hybridized carbons (Fsp3) is 0.583. The lowest BCUT2D eigenvalue weighted by Gasteiger charge is -2.12. The van der Waals surface area contributed by atoms with E-state index in [2.05, 4.69) is 47.0 Å². The van der Waals surface area contributed by atoms with Crippen LogP contribution in [0.4, 0.5) is 0 Å². The minimum atomic E-state index is 0.545. The molecule has 1 N–H and O–H groups in total. The third-order valence-corrected chi connectivity index (χ3v) is 4.65. The zero-order valence-corrected chi connectivity index (χ0v) is 12.2. The van der Waals surface area contributed by atoms with Gasteiger partial charge in [-0.15, -0.1) is 11.3 Å². The fourth-order valence-electron chi connectivity index (χ4n) is 1.78. The first-order valence-corrected chi connectivity index (χ1v) is 7.98. The molecule has 0 radical (unpaired) electrons. The molecule has 0 saturated carbocycles. The van der Waals surface area contributed by atoms with Crippen LogP contribution < -0.4 is 5.32 Å². The van der Waals surface area contributed by atoms with Crippen molar-refractivity contribution in [3.05, 3.63) is 23.0 Å². The van der Waals surface area contributed by atoms with Gasteiger partial charge in [-0.2, -0.15) is 11.8 Å². The fourth-order valence-corrected chi connectivity index (χ4v) is 3.26. The van der Waals surface area contributed by atoms with E-state index in [-0.39, 0.29) is 0 Å². The van der Waals surface area contributed by atoms with Gasteiger partial charge in [0.15, 0.2) is 4.96 Å². The number of rotatable bonds is 6. The number of imidazole rings is 1. The zero-order chi connectivity index (χ0) is 12.3. The molecule has 0 saturated heterocycles. The van der Waals surface area contributed by atoms with Gasteiger partial charge in [-0.1, -0.05) is 6.92 Å². The smallest absolute Gasteiger partial charge is 0.194 e. The van der Waals surface area contributed by atoms with Crippen LogP contribution in [0.5, 0.6) is 0 Å². The highest BCUT2D eigenvalue weighted by Gasteiger charge is 2.10. The van der Waals surface area contributed by atoms with E-state index in [1.807, 2.05) is 11.8 Å². The SMILES string of the molecule is CCSCC(C)NCc1c(C)nc2sccn12. The first kappa shape index (κ1) is 12.9. The minimum absolute atomic E-state index is 0.545. The lowest BCUT2D eigenvalue weighted by molar-refractivity contribution is 0.584. The molecule has 0 amide bonds. The Bertz CT molecular complexity index is 475. The maximum Gasteiger partial charge on any atom is 0.194 e. The molecule has 0 fully saturated rings. The van der Waals surface area contributed by atoms with Gasteiger partial charge < -0.3 is 5.32 Å². The largest absolute Gasteiger partial charge is 0.308 e. The zero-order valence-electron chi connectivity index (χ0n) is 10.6. The standard InChI is InChI=1S/C12H19N3S2/c1-4-16-8-9(2)13-7-11-10(3)14-12-15(11)5-6-17-12/h5-6,9,13H,4,7-8H2,1-3H3. The van der Waals surface area contributed by atoms with Crippen LogP contribution in [-0.2, 0) is 6.54 Å². The monoisotopic (exact) mass is 269 g/mol. The van der Waals surface area contributed by atoms with Gasteiger partial charge in [0.2, 0.25) is 0 Å². The summed E-state index contributed by atoms with van der Waals surface area (Å²) in [5.41, 5.74) is 2.43. The number of fused-ring (bicyclic) bond motifs is 1. The second kappa shape index (κ2) is 5.89. The van der Waals surface area contributed by atoms with Crippen LogP contribution in [0, 0.1) is 6.92 Å². The first-order chi connectivity index (χ1) is 8.22. The van der Waals surface area contributed by atoms with E-state index in [4.69, 9.17) is 0 Å². The van der Waals surface area contributed by atoms with Crippen molar-refractivity contribution < 1.29 is 0 Å². The van der Waals surface area contributed by atoms with Gasteiger partial charge in [0.05, 0.1) is 11.4 Å². The van der Waals surface area contributed by atoms with Crippen LogP contribution in [0.2, 0.25) is 0 Å². The van der Waals surface area contributed by atoms with Crippen molar-refractivity contribution in [2.45, 2.75) is 33.4 Å². The molecule has 0 aliphatic rings. The lowest BCUT2D eigenvalue weighted by atomic mass is 10.3. The van der Waals surface area contributed by atoms with Crippen molar-refractivity contribution in [3.63, 3.8) is 0 Å². The van der Waals surface area contributed by atoms with E-state index in [0.717, 1.165) is 17.2 Å². The highest BCUT2D eigenvalue weighted by Crippen LogP contribution is 2.16. The summed E-state index contributed by atoms with van der Waals surface area (Å²) in [6.07, 6.45) is 2.10. The molecule has 5 heteroatoms. The Morgan fingerprint density at radius 3 is 3.18 bits per heavy atom. The molecule has 0 bridgehead atoms. The van der Waals surface area contributed by atoms with Gasteiger partial charge in [0.25, 0.3) is 0 Å². The Morgan fingerprint density at radius 1 is 1.59 bits per heavy atom. The Morgan fingerprint density at radius 2 is 2.41 bits per heavy atom. The summed E-state index contributed by atoms with van der Waals surface area (Å²) in [7, 11) is 0. The minimum Gasteiger partial charge on any atom is -0.308 e. The van der Waals surface area contributed by atoms with Crippen LogP contribution in [-0.4, -0.2) is 26.9 Å². The molecular formula is C12H19N3S2. The number of nitrogens with zero attached hydrogens (tertiary/aromatic N) is 2. The molecule has 2 rings (SSSR count). The van der Waals surface area contributed by atoms with Gasteiger partial charge in [-0.05, 0) is 19.6 Å². The van der Waals surface area contributed by atoms with Gasteiger partial charge in [0.1, 0.15) is 0 Å². The van der Waals surface area contributed by atoms with E-state index in [0.29, 0.717) is 6.04 Å². The van der Waals surface area contributed by atoms with E-state index in [9.17, 15) is 0 Å². The molecule has 3 nitrogen and oxygen atoms in total. The van der Waals surface area contributed by atoms with Crippen LogP contribution in [0.3, 0.4) is 0 Å². The predicted octanol–water partition coefficient (Wildman–Crippen LogP) is 2.94. The summed E-state index contributed by atoms with van der Waals surface area (Å²) in [6.45, 7) is 7.43. The molecule has 0 aromatic carbocycles. The Kier molecular flexibility index (Phi) is 4.48. The summed E-state index contributed by atoms with van der Waals surface area (Å²) in [4.78, 5) is 5.64. The van der Waals surface area contributed by atoms with Crippen LogP contribution >= 0.6 is 23.1 Å². The first-order valence-electron chi connectivity index (χ1n) is 5.94. The number of aryl methyl sites for hydroxylation is 1. The maximum absolute atomic E-state index is 4.55. The van der Waals surface area contributed by atoms with Gasteiger partial charge in [-0.3, -0.25) is 4.40 Å². The molecule has 2 heterocycles. The molecular weight excluding hydrogens is 250 g/mol. The quantitative estimate of drug-likeness (QED) is 0.874. The van der Waals surface area contributed by atoms with Crippen LogP contribution in [0.15, 0.2) is 11.6 Å². The van der Waals surface area contributed by atoms with Crippen molar-refractivity contribution in [2.75, 3.05) is 11.5 Å². The third-order valence-electron chi connectivity index (χ3n) is 2.75. The Balaban J connectivity index is 1.98. The molecule has 2 aromatic heterocycles. The van der Waals surface area contributed by atoms with E-state index in [1.165, 1.54) is 17.2 Å².